The lowest BCUT2D eigenvalue weighted by Gasteiger charge is -2.12. The lowest BCUT2D eigenvalue weighted by Crippen LogP contribution is -2.17. The van der Waals surface area contributed by atoms with Gasteiger partial charge in [-0.15, -0.1) is 13.2 Å². The smallest absolute Gasteiger partial charge is 0.406 e. The van der Waals surface area contributed by atoms with Crippen LogP contribution in [0.5, 0.6) is 5.75 Å². The number of halogens is 4. The van der Waals surface area contributed by atoms with Crippen molar-refractivity contribution in [2.24, 2.45) is 0 Å². The molecule has 0 unspecified atom stereocenters. The number of hydrogen-bond donors (Lipinski definition) is 1. The van der Waals surface area contributed by atoms with Crippen LogP contribution >= 0.6 is 11.6 Å². The topological polar surface area (TPSA) is 73.2 Å². The number of aryl methyl sites for hydroxylation is 2. The lowest BCUT2D eigenvalue weighted by atomic mass is 10.2. The highest BCUT2D eigenvalue weighted by Gasteiger charge is 2.31. The monoisotopic (exact) mass is 395 g/mol. The first kappa shape index (κ1) is 17.9. The highest BCUT2D eigenvalue weighted by Crippen LogP contribution is 2.31. The van der Waals surface area contributed by atoms with Crippen molar-refractivity contribution in [3.8, 4) is 5.75 Å². The van der Waals surface area contributed by atoms with E-state index in [0.717, 1.165) is 31.0 Å². The number of imidazole rings is 1. The first-order valence-corrected chi connectivity index (χ1v) is 9.14. The van der Waals surface area contributed by atoms with Crippen molar-refractivity contribution < 1.29 is 26.3 Å². The Morgan fingerprint density at radius 3 is 2.68 bits per heavy atom. The van der Waals surface area contributed by atoms with Crippen molar-refractivity contribution in [1.82, 2.24) is 9.55 Å². The van der Waals surface area contributed by atoms with Crippen molar-refractivity contribution in [2.45, 2.75) is 37.2 Å². The molecule has 0 spiro atoms. The summed E-state index contributed by atoms with van der Waals surface area (Å²) in [5, 5.41) is -0.384. The second kappa shape index (κ2) is 6.41. The second-order valence-electron chi connectivity index (χ2n) is 5.44. The molecule has 0 aliphatic carbocycles. The molecule has 0 atom stereocenters. The van der Waals surface area contributed by atoms with Gasteiger partial charge in [0.2, 0.25) is 0 Å². The summed E-state index contributed by atoms with van der Waals surface area (Å²) in [5.41, 5.74) is -0.0674. The number of fused-ring (bicyclic) bond motifs is 1. The maximum Gasteiger partial charge on any atom is 0.573 e. The number of nitrogens with zero attached hydrogens (tertiary/aromatic N) is 2. The highest BCUT2D eigenvalue weighted by molar-refractivity contribution is 7.92. The van der Waals surface area contributed by atoms with Gasteiger partial charge in [0.1, 0.15) is 11.6 Å². The Bertz CT molecular complexity index is 873. The van der Waals surface area contributed by atoms with Crippen molar-refractivity contribution in [1.29, 1.82) is 0 Å². The van der Waals surface area contributed by atoms with E-state index in [0.29, 0.717) is 18.8 Å². The minimum atomic E-state index is -4.86. The van der Waals surface area contributed by atoms with Gasteiger partial charge in [-0.05, 0) is 25.0 Å². The van der Waals surface area contributed by atoms with Crippen LogP contribution in [-0.2, 0) is 23.0 Å². The van der Waals surface area contributed by atoms with Crippen LogP contribution in [0.3, 0.4) is 0 Å². The van der Waals surface area contributed by atoms with Gasteiger partial charge in [0.05, 0.1) is 10.7 Å². The number of ether oxygens (including phenoxy) is 1. The number of benzene rings is 1. The van der Waals surface area contributed by atoms with Crippen LogP contribution in [0.2, 0.25) is 5.02 Å². The number of alkyl halides is 3. The van der Waals surface area contributed by atoms with Crippen LogP contribution in [-0.4, -0.2) is 24.3 Å². The number of aromatic nitrogens is 2. The molecule has 1 aromatic carbocycles. The molecule has 6 nitrogen and oxygen atoms in total. The Morgan fingerprint density at radius 1 is 1.28 bits per heavy atom. The number of anilines is 1. The summed E-state index contributed by atoms with van der Waals surface area (Å²) in [6.45, 7) is 0.697. The highest BCUT2D eigenvalue weighted by atomic mass is 35.5. The number of rotatable bonds is 4. The standard InChI is InChI=1S/C14H13ClF3N3O3S/c15-10-7-9(24-14(16,17)18)4-5-11(10)20-25(22,23)13-8-21-6-2-1-3-12(21)19-13/h4-5,7-8,20H,1-3,6H2. The van der Waals surface area contributed by atoms with E-state index in [1.807, 2.05) is 0 Å². The zero-order valence-corrected chi connectivity index (χ0v) is 14.2. The first-order chi connectivity index (χ1) is 11.6. The molecule has 25 heavy (non-hydrogen) atoms. The molecule has 0 amide bonds. The fraction of sp³-hybridized carbons (Fsp3) is 0.357. The van der Waals surface area contributed by atoms with Gasteiger partial charge in [-0.2, -0.15) is 8.42 Å². The molecule has 0 fully saturated rings. The molecule has 0 bridgehead atoms. The largest absolute Gasteiger partial charge is 0.573 e. The molecule has 1 aliphatic heterocycles. The third kappa shape index (κ3) is 4.18. The SMILES string of the molecule is O=S(=O)(Nc1ccc(OC(F)(F)F)cc1Cl)c1cn2c(n1)CCCC2. The predicted octanol–water partition coefficient (Wildman–Crippen LogP) is 3.57. The fourth-order valence-electron chi connectivity index (χ4n) is 2.49. The van der Waals surface area contributed by atoms with Gasteiger partial charge in [-0.3, -0.25) is 4.72 Å². The molecule has 0 saturated carbocycles. The molecule has 1 aliphatic rings. The molecule has 2 heterocycles. The summed E-state index contributed by atoms with van der Waals surface area (Å²) >= 11 is 5.85. The molecule has 136 valence electrons. The molecular weight excluding hydrogens is 383 g/mol. The van der Waals surface area contributed by atoms with E-state index in [2.05, 4.69) is 14.4 Å². The van der Waals surface area contributed by atoms with Crippen molar-refractivity contribution >= 4 is 27.3 Å². The van der Waals surface area contributed by atoms with Crippen molar-refractivity contribution in [3.63, 3.8) is 0 Å². The van der Waals surface area contributed by atoms with Gasteiger partial charge in [0, 0.05) is 25.2 Å². The number of sulfonamides is 1. The van der Waals surface area contributed by atoms with Crippen LogP contribution in [0.25, 0.3) is 0 Å². The molecule has 1 N–H and O–H groups in total. The Kier molecular flexibility index (Phi) is 4.58. The molecule has 3 rings (SSSR count). The molecule has 11 heteroatoms. The van der Waals surface area contributed by atoms with Gasteiger partial charge in [0.25, 0.3) is 10.0 Å². The van der Waals surface area contributed by atoms with Crippen LogP contribution in [0.1, 0.15) is 18.7 Å². The summed E-state index contributed by atoms with van der Waals surface area (Å²) in [6.07, 6.45) is -0.843. The van der Waals surface area contributed by atoms with E-state index in [-0.39, 0.29) is 15.7 Å². The summed E-state index contributed by atoms with van der Waals surface area (Å²) in [4.78, 5) is 4.11. The van der Waals surface area contributed by atoms with E-state index in [1.54, 1.807) is 4.57 Å². The Labute approximate surface area is 146 Å². The van der Waals surface area contributed by atoms with E-state index in [9.17, 15) is 21.6 Å². The van der Waals surface area contributed by atoms with Gasteiger partial charge < -0.3 is 9.30 Å². The predicted molar refractivity (Wildman–Crippen MR) is 84.1 cm³/mol. The van der Waals surface area contributed by atoms with Crippen molar-refractivity contribution in [3.05, 3.63) is 35.2 Å². The lowest BCUT2D eigenvalue weighted by molar-refractivity contribution is -0.274. The zero-order chi connectivity index (χ0) is 18.2. The van der Waals surface area contributed by atoms with Crippen LogP contribution < -0.4 is 9.46 Å². The average molecular weight is 396 g/mol. The molecule has 1 aromatic heterocycles. The maximum atomic E-state index is 12.4. The third-order valence-corrected chi connectivity index (χ3v) is 5.13. The molecule has 0 saturated heterocycles. The quantitative estimate of drug-likeness (QED) is 0.858. The van der Waals surface area contributed by atoms with Crippen LogP contribution in [0.4, 0.5) is 18.9 Å². The fourth-order valence-corrected chi connectivity index (χ4v) is 3.83. The van der Waals surface area contributed by atoms with Gasteiger partial charge in [0.15, 0.2) is 5.03 Å². The van der Waals surface area contributed by atoms with Crippen LogP contribution in [0.15, 0.2) is 29.4 Å². The summed E-state index contributed by atoms with van der Waals surface area (Å²) in [7, 11) is -4.01. The van der Waals surface area contributed by atoms with Crippen LogP contribution in [0, 0.1) is 0 Å². The maximum absolute atomic E-state index is 12.4. The second-order valence-corrected chi connectivity index (χ2v) is 7.48. The Hall–Kier alpha value is -1.94. The van der Waals surface area contributed by atoms with E-state index in [4.69, 9.17) is 11.6 Å². The van der Waals surface area contributed by atoms with E-state index >= 15 is 0 Å². The number of hydrogen-bond acceptors (Lipinski definition) is 4. The van der Waals surface area contributed by atoms with Gasteiger partial charge in [-0.25, -0.2) is 4.98 Å². The normalized spacial score (nSPS) is 14.9. The first-order valence-electron chi connectivity index (χ1n) is 7.28. The minimum absolute atomic E-state index is 0.0674. The molecule has 2 aromatic rings. The van der Waals surface area contributed by atoms with E-state index < -0.39 is 22.1 Å². The Morgan fingerprint density at radius 2 is 2.04 bits per heavy atom. The summed E-state index contributed by atoms with van der Waals surface area (Å²) in [6, 6.07) is 2.94. The van der Waals surface area contributed by atoms with Gasteiger partial charge >= 0.3 is 6.36 Å². The average Bonchev–Trinajstić information content (AvgIpc) is 2.93. The Balaban J connectivity index is 1.82. The molecular formula is C14H13ClF3N3O3S. The van der Waals surface area contributed by atoms with Crippen molar-refractivity contribution in [2.75, 3.05) is 4.72 Å². The van der Waals surface area contributed by atoms with Gasteiger partial charge in [-0.1, -0.05) is 11.6 Å². The minimum Gasteiger partial charge on any atom is -0.406 e. The number of nitrogens with one attached hydrogen (secondary N) is 1. The molecule has 0 radical (unpaired) electrons. The third-order valence-electron chi connectivity index (χ3n) is 3.58. The van der Waals surface area contributed by atoms with E-state index in [1.165, 1.54) is 6.20 Å². The summed E-state index contributed by atoms with van der Waals surface area (Å²) in [5.74, 6) is 0.143. The zero-order valence-electron chi connectivity index (χ0n) is 12.7. The summed E-state index contributed by atoms with van der Waals surface area (Å²) < 4.78 is 69.2.